The van der Waals surface area contributed by atoms with Gasteiger partial charge in [0.25, 0.3) is 0 Å². The van der Waals surface area contributed by atoms with Crippen LogP contribution in [0.15, 0.2) is 48.6 Å². The Morgan fingerprint density at radius 2 is 1.13 bits per heavy atom. The Morgan fingerprint density at radius 3 is 1.75 bits per heavy atom. The molecule has 0 heterocycles. The van der Waals surface area contributed by atoms with E-state index < -0.39 is 57.7 Å². The lowest BCUT2D eigenvalue weighted by atomic mass is 10.0. The fraction of sp³-hybridized carbons (Fsp3) is 0.714. The van der Waals surface area contributed by atoms with Gasteiger partial charge in [0.15, 0.2) is 11.9 Å². The highest BCUT2D eigenvalue weighted by Crippen LogP contribution is 2.43. The molecule has 0 aromatic heterocycles. The van der Waals surface area contributed by atoms with E-state index in [4.69, 9.17) is 24.8 Å². The van der Waals surface area contributed by atoms with Crippen LogP contribution < -0.4 is 5.73 Å². The third-order valence-electron chi connectivity index (χ3n) is 8.56. The van der Waals surface area contributed by atoms with Gasteiger partial charge < -0.3 is 25.2 Å². The molecule has 0 saturated heterocycles. The number of ether oxygens (including phenoxy) is 2. The molecule has 0 rings (SSSR count). The number of carbonyl (C=O) groups is 4. The number of nitrogens with two attached hydrogens (primary N) is 1. The molecular weight excluding hydrogens is 725 g/mol. The number of unbranched alkanes of at least 4 members (excludes halogenated alkanes) is 15. The summed E-state index contributed by atoms with van der Waals surface area (Å²) in [5, 5.41) is 8.87. The Bertz CT molecular complexity index is 1180. The molecule has 55 heavy (non-hydrogen) atoms. The molecule has 0 bridgehead atoms. The van der Waals surface area contributed by atoms with Crippen LogP contribution in [0.25, 0.3) is 0 Å². The first-order chi connectivity index (χ1) is 26.5. The Hall–Kier alpha value is -2.89. The van der Waals surface area contributed by atoms with Crippen LogP contribution in [-0.4, -0.2) is 65.7 Å². The molecule has 0 aromatic rings. The van der Waals surface area contributed by atoms with Crippen molar-refractivity contribution in [2.24, 2.45) is 5.73 Å². The lowest BCUT2D eigenvalue weighted by Gasteiger charge is -2.20. The lowest BCUT2D eigenvalue weighted by molar-refractivity contribution is -0.161. The maximum atomic E-state index is 12.6. The number of carboxylic acids is 1. The highest BCUT2D eigenvalue weighted by atomic mass is 31.2. The lowest BCUT2D eigenvalue weighted by Crippen LogP contribution is -2.34. The second-order valence-electron chi connectivity index (χ2n) is 13.8. The van der Waals surface area contributed by atoms with Gasteiger partial charge in [-0.3, -0.25) is 28.2 Å². The van der Waals surface area contributed by atoms with Gasteiger partial charge in [-0.15, -0.1) is 0 Å². The predicted octanol–water partition coefficient (Wildman–Crippen LogP) is 9.79. The van der Waals surface area contributed by atoms with Crippen molar-refractivity contribution >= 4 is 31.5 Å². The van der Waals surface area contributed by atoms with Crippen LogP contribution in [0.2, 0.25) is 0 Å². The second-order valence-corrected chi connectivity index (χ2v) is 15.3. The molecule has 0 aliphatic heterocycles. The molecule has 12 nitrogen and oxygen atoms in total. The standard InChI is InChI=1S/C42H72NO11P/c1-3-5-7-8-9-10-11-12-15-19-22-25-29-33-41(46)54-38(35-52-55(49,50)53-36-39(43)42(47)48)34-51-40(45)32-28-24-21-18-16-13-14-17-20-23-27-31-37(44)30-26-6-4-2/h13-14,18,20-21,23,27,31,38-39H,3-12,15-17,19,22,24-26,28-30,32-36,43H2,1-2H3,(H,47,48)(H,49,50)/b14-13-,21-18-,23-20-,31-27+/t38-,39+/m1/s1. The number of hydrogen-bond donors (Lipinski definition) is 3. The monoisotopic (exact) mass is 797 g/mol. The third kappa shape index (κ3) is 36.5. The van der Waals surface area contributed by atoms with Crippen molar-refractivity contribution in [2.75, 3.05) is 19.8 Å². The summed E-state index contributed by atoms with van der Waals surface area (Å²) in [7, 11) is -4.74. The molecule has 3 atom stereocenters. The first kappa shape index (κ1) is 52.1. The van der Waals surface area contributed by atoms with Crippen LogP contribution in [0.5, 0.6) is 0 Å². The second kappa shape index (κ2) is 36.7. The Balaban J connectivity index is 4.53. The maximum Gasteiger partial charge on any atom is 0.472 e. The normalized spacial score (nSPS) is 14.2. The molecule has 0 aromatic carbocycles. The molecule has 0 saturated carbocycles. The fourth-order valence-corrected chi connectivity index (χ4v) is 6.03. The van der Waals surface area contributed by atoms with E-state index in [1.165, 1.54) is 57.8 Å². The van der Waals surface area contributed by atoms with Gasteiger partial charge in [0, 0.05) is 19.3 Å². The number of allylic oxidation sites excluding steroid dienone is 8. The molecule has 0 spiro atoms. The summed E-state index contributed by atoms with van der Waals surface area (Å²) >= 11 is 0. The van der Waals surface area contributed by atoms with Gasteiger partial charge in [0.1, 0.15) is 12.6 Å². The quantitative estimate of drug-likeness (QED) is 0.0134. The van der Waals surface area contributed by atoms with Crippen molar-refractivity contribution in [1.29, 1.82) is 0 Å². The first-order valence-electron chi connectivity index (χ1n) is 20.6. The van der Waals surface area contributed by atoms with E-state index in [2.05, 4.69) is 18.4 Å². The van der Waals surface area contributed by atoms with Gasteiger partial charge in [-0.2, -0.15) is 0 Å². The van der Waals surface area contributed by atoms with Crippen molar-refractivity contribution in [3.05, 3.63) is 48.6 Å². The molecule has 316 valence electrons. The van der Waals surface area contributed by atoms with Crippen molar-refractivity contribution in [3.8, 4) is 0 Å². The van der Waals surface area contributed by atoms with Crippen LogP contribution in [0.3, 0.4) is 0 Å². The van der Waals surface area contributed by atoms with E-state index in [1.54, 1.807) is 12.2 Å². The highest BCUT2D eigenvalue weighted by molar-refractivity contribution is 7.47. The number of esters is 2. The zero-order valence-electron chi connectivity index (χ0n) is 33.8. The number of carboxylic acid groups (broad SMARTS) is 1. The van der Waals surface area contributed by atoms with Crippen LogP contribution in [-0.2, 0) is 42.3 Å². The van der Waals surface area contributed by atoms with E-state index in [0.717, 1.165) is 51.4 Å². The number of rotatable bonds is 38. The predicted molar refractivity (Wildman–Crippen MR) is 217 cm³/mol. The fourth-order valence-electron chi connectivity index (χ4n) is 5.25. The zero-order valence-corrected chi connectivity index (χ0v) is 34.6. The van der Waals surface area contributed by atoms with E-state index in [9.17, 15) is 28.6 Å². The topological polar surface area (TPSA) is 189 Å². The molecule has 4 N–H and O–H groups in total. The first-order valence-corrected chi connectivity index (χ1v) is 22.1. The van der Waals surface area contributed by atoms with Gasteiger partial charge in [-0.1, -0.05) is 146 Å². The molecule has 0 radical (unpaired) electrons. The molecule has 0 amide bonds. The number of aliphatic carboxylic acids is 1. The summed E-state index contributed by atoms with van der Waals surface area (Å²) in [6.45, 7) is 2.56. The maximum absolute atomic E-state index is 12.6. The van der Waals surface area contributed by atoms with Gasteiger partial charge in [0.2, 0.25) is 0 Å². The molecular formula is C42H72NO11P. The number of phosphoric ester groups is 1. The SMILES string of the molecule is CCCCCCCCCCCCCCCC(=O)O[C@H](COC(=O)CCC/C=C\C/C=C\C/C=C\C=C\C(=O)CCCCC)COP(=O)(O)OC[C@H](N)C(=O)O. The van der Waals surface area contributed by atoms with Gasteiger partial charge in [-0.05, 0) is 44.6 Å². The van der Waals surface area contributed by atoms with Gasteiger partial charge in [-0.25, -0.2) is 4.57 Å². The van der Waals surface area contributed by atoms with Crippen molar-refractivity contribution in [2.45, 2.75) is 174 Å². The summed E-state index contributed by atoms with van der Waals surface area (Å²) < 4.78 is 32.5. The van der Waals surface area contributed by atoms with E-state index in [0.29, 0.717) is 25.7 Å². The minimum absolute atomic E-state index is 0.120. The largest absolute Gasteiger partial charge is 0.480 e. The smallest absolute Gasteiger partial charge is 0.472 e. The minimum Gasteiger partial charge on any atom is -0.480 e. The average Bonchev–Trinajstić information content (AvgIpc) is 3.15. The molecule has 1 unspecified atom stereocenters. The Morgan fingerprint density at radius 1 is 0.618 bits per heavy atom. The molecule has 0 aliphatic rings. The third-order valence-corrected chi connectivity index (χ3v) is 9.51. The molecule has 0 aliphatic carbocycles. The summed E-state index contributed by atoms with van der Waals surface area (Å²) in [5.41, 5.74) is 5.31. The Labute approximate surface area is 331 Å². The van der Waals surface area contributed by atoms with Crippen LogP contribution in [0.4, 0.5) is 0 Å². The summed E-state index contributed by atoms with van der Waals surface area (Å²) in [4.78, 5) is 57.5. The van der Waals surface area contributed by atoms with Gasteiger partial charge >= 0.3 is 25.7 Å². The van der Waals surface area contributed by atoms with E-state index in [-0.39, 0.29) is 18.6 Å². The van der Waals surface area contributed by atoms with Crippen LogP contribution in [0.1, 0.15) is 162 Å². The van der Waals surface area contributed by atoms with Crippen molar-refractivity contribution < 1.29 is 52.3 Å². The van der Waals surface area contributed by atoms with Crippen molar-refractivity contribution in [1.82, 2.24) is 0 Å². The number of phosphoric acid groups is 1. The zero-order chi connectivity index (χ0) is 40.8. The minimum atomic E-state index is -4.74. The summed E-state index contributed by atoms with van der Waals surface area (Å²) in [5.74, 6) is -2.34. The van der Waals surface area contributed by atoms with E-state index in [1.807, 2.05) is 36.5 Å². The highest BCUT2D eigenvalue weighted by Gasteiger charge is 2.28. The van der Waals surface area contributed by atoms with E-state index >= 15 is 0 Å². The average molecular weight is 798 g/mol. The summed E-state index contributed by atoms with van der Waals surface area (Å²) in [6, 6.07) is -1.54. The molecule has 13 heteroatoms. The van der Waals surface area contributed by atoms with Crippen LogP contribution in [0, 0.1) is 0 Å². The number of carbonyl (C=O) groups excluding carboxylic acids is 3. The number of hydrogen-bond acceptors (Lipinski definition) is 10. The summed E-state index contributed by atoms with van der Waals surface area (Å²) in [6.07, 6.45) is 36.0. The molecule has 0 fully saturated rings. The van der Waals surface area contributed by atoms with Crippen LogP contribution >= 0.6 is 7.82 Å². The van der Waals surface area contributed by atoms with Crippen molar-refractivity contribution in [3.63, 3.8) is 0 Å². The van der Waals surface area contributed by atoms with Gasteiger partial charge in [0.05, 0.1) is 13.2 Å². The number of ketones is 1. The Kier molecular flexibility index (Phi) is 34.8.